The Hall–Kier alpha value is -3.20. The second kappa shape index (κ2) is 9.83. The van der Waals surface area contributed by atoms with Crippen LogP contribution in [-0.2, 0) is 11.3 Å². The lowest BCUT2D eigenvalue weighted by Crippen LogP contribution is -2.41. The van der Waals surface area contributed by atoms with Crippen molar-refractivity contribution in [3.8, 4) is 11.5 Å². The average molecular weight is 405 g/mol. The number of ether oxygens (including phenoxy) is 2. The van der Waals surface area contributed by atoms with E-state index in [0.29, 0.717) is 24.4 Å². The summed E-state index contributed by atoms with van der Waals surface area (Å²) in [5.41, 5.74) is 0.748. The summed E-state index contributed by atoms with van der Waals surface area (Å²) in [5.74, 6) is -0.365. The molecule has 0 bridgehead atoms. The summed E-state index contributed by atoms with van der Waals surface area (Å²) in [6, 6.07) is 8.05. The molecular weight excluding hydrogens is 381 g/mol. The Bertz CT molecular complexity index is 890. The number of carbonyl (C=O) groups excluding carboxylic acids is 1. The Balaban J connectivity index is 2.16. The summed E-state index contributed by atoms with van der Waals surface area (Å²) < 4.78 is 24.0. The van der Waals surface area contributed by atoms with Gasteiger partial charge in [-0.25, -0.2) is 4.39 Å². The average Bonchev–Trinajstić information content (AvgIpc) is 2.71. The minimum Gasteiger partial charge on any atom is -0.495 e. The van der Waals surface area contributed by atoms with Gasteiger partial charge in [0.25, 0.3) is 5.69 Å². The first-order chi connectivity index (χ1) is 13.8. The summed E-state index contributed by atoms with van der Waals surface area (Å²) in [6.45, 7) is 4.48. The molecule has 29 heavy (non-hydrogen) atoms. The zero-order valence-electron chi connectivity index (χ0n) is 16.8. The molecular formula is C20H24FN3O5. The van der Waals surface area contributed by atoms with Crippen LogP contribution in [0.3, 0.4) is 0 Å². The van der Waals surface area contributed by atoms with Crippen molar-refractivity contribution in [1.82, 2.24) is 4.90 Å². The van der Waals surface area contributed by atoms with E-state index in [1.54, 1.807) is 13.0 Å². The molecule has 0 aliphatic carbocycles. The maximum Gasteiger partial charge on any atom is 0.271 e. The molecule has 0 aliphatic rings. The van der Waals surface area contributed by atoms with Gasteiger partial charge < -0.3 is 14.8 Å². The van der Waals surface area contributed by atoms with E-state index < -0.39 is 16.8 Å². The first-order valence-corrected chi connectivity index (χ1v) is 9.00. The van der Waals surface area contributed by atoms with Crippen LogP contribution >= 0.6 is 0 Å². The highest BCUT2D eigenvalue weighted by Gasteiger charge is 2.23. The van der Waals surface area contributed by atoms with E-state index in [2.05, 4.69) is 5.32 Å². The van der Waals surface area contributed by atoms with Crippen LogP contribution in [0, 0.1) is 15.9 Å². The van der Waals surface area contributed by atoms with Gasteiger partial charge in [-0.1, -0.05) is 13.0 Å². The van der Waals surface area contributed by atoms with Gasteiger partial charge in [0.2, 0.25) is 5.91 Å². The normalized spacial score (nSPS) is 11.8. The number of methoxy groups -OCH3 is 2. The van der Waals surface area contributed by atoms with Gasteiger partial charge in [-0.15, -0.1) is 0 Å². The third-order valence-corrected chi connectivity index (χ3v) is 4.59. The second-order valence-corrected chi connectivity index (χ2v) is 6.34. The van der Waals surface area contributed by atoms with Gasteiger partial charge in [-0.2, -0.15) is 0 Å². The zero-order valence-corrected chi connectivity index (χ0v) is 16.8. The maximum atomic E-state index is 13.9. The van der Waals surface area contributed by atoms with E-state index in [1.807, 2.05) is 11.8 Å². The van der Waals surface area contributed by atoms with E-state index in [0.717, 1.165) is 0 Å². The fraction of sp³-hybridized carbons (Fsp3) is 0.350. The molecule has 8 nitrogen and oxygen atoms in total. The zero-order chi connectivity index (χ0) is 21.6. The summed E-state index contributed by atoms with van der Waals surface area (Å²) in [6.07, 6.45) is 0. The van der Waals surface area contributed by atoms with Crippen LogP contribution in [0.25, 0.3) is 0 Å². The molecule has 156 valence electrons. The Morgan fingerprint density at radius 3 is 2.41 bits per heavy atom. The number of nitrogens with one attached hydrogen (secondary N) is 1. The molecule has 2 rings (SSSR count). The molecule has 0 heterocycles. The van der Waals surface area contributed by atoms with Crippen LogP contribution in [0.2, 0.25) is 0 Å². The van der Waals surface area contributed by atoms with Gasteiger partial charge in [0.1, 0.15) is 5.75 Å². The quantitative estimate of drug-likeness (QED) is 0.506. The molecule has 1 N–H and O–H groups in total. The van der Waals surface area contributed by atoms with Crippen LogP contribution in [0.15, 0.2) is 36.4 Å². The number of nitro benzene ring substituents is 1. The van der Waals surface area contributed by atoms with E-state index in [9.17, 15) is 19.3 Å². The standard InChI is InChI=1S/C20H24FN3O5/c1-5-23(12-14-6-8-18(28-3)16(21)10-14)13(2)20(25)22-17-11-15(24(26)27)7-9-19(17)29-4/h6-11,13H,5,12H2,1-4H3,(H,22,25)/t13-/m1/s1. The van der Waals surface area contributed by atoms with Gasteiger partial charge in [0, 0.05) is 18.7 Å². The number of hydrogen-bond donors (Lipinski definition) is 1. The van der Waals surface area contributed by atoms with Crippen molar-refractivity contribution in [3.63, 3.8) is 0 Å². The van der Waals surface area contributed by atoms with Gasteiger partial charge >= 0.3 is 0 Å². The minimum atomic E-state index is -0.575. The van der Waals surface area contributed by atoms with E-state index in [4.69, 9.17) is 9.47 Å². The van der Waals surface area contributed by atoms with Crippen LogP contribution in [-0.4, -0.2) is 42.5 Å². The number of carbonyl (C=O) groups is 1. The van der Waals surface area contributed by atoms with Gasteiger partial charge in [-0.3, -0.25) is 19.8 Å². The van der Waals surface area contributed by atoms with Crippen molar-refractivity contribution in [2.24, 2.45) is 0 Å². The molecule has 0 spiro atoms. The summed E-state index contributed by atoms with van der Waals surface area (Å²) in [7, 11) is 2.81. The molecule has 2 aromatic rings. The first kappa shape index (κ1) is 22.1. The molecule has 0 saturated heterocycles. The lowest BCUT2D eigenvalue weighted by molar-refractivity contribution is -0.384. The largest absolute Gasteiger partial charge is 0.495 e. The highest BCUT2D eigenvalue weighted by Crippen LogP contribution is 2.29. The lowest BCUT2D eigenvalue weighted by atomic mass is 10.1. The molecule has 1 amide bonds. The molecule has 0 aromatic heterocycles. The second-order valence-electron chi connectivity index (χ2n) is 6.34. The van der Waals surface area contributed by atoms with Crippen molar-refractivity contribution in [3.05, 3.63) is 57.9 Å². The Labute approximate surface area is 168 Å². The summed E-state index contributed by atoms with van der Waals surface area (Å²) >= 11 is 0. The molecule has 0 unspecified atom stereocenters. The fourth-order valence-electron chi connectivity index (χ4n) is 2.88. The van der Waals surface area contributed by atoms with Crippen molar-refractivity contribution < 1.29 is 23.6 Å². The van der Waals surface area contributed by atoms with Crippen molar-refractivity contribution in [2.75, 3.05) is 26.1 Å². The lowest BCUT2D eigenvalue weighted by Gasteiger charge is -2.27. The van der Waals surface area contributed by atoms with E-state index in [1.165, 1.54) is 44.6 Å². The Kier molecular flexibility index (Phi) is 7.49. The monoisotopic (exact) mass is 405 g/mol. The van der Waals surface area contributed by atoms with Gasteiger partial charge in [0.05, 0.1) is 30.9 Å². The number of rotatable bonds is 9. The van der Waals surface area contributed by atoms with E-state index >= 15 is 0 Å². The molecule has 2 aromatic carbocycles. The number of likely N-dealkylation sites (N-methyl/N-ethyl adjacent to an activating group) is 1. The Morgan fingerprint density at radius 1 is 1.21 bits per heavy atom. The number of non-ortho nitro benzene ring substituents is 1. The highest BCUT2D eigenvalue weighted by atomic mass is 19.1. The SMILES string of the molecule is CCN(Cc1ccc(OC)c(F)c1)[C@H](C)C(=O)Nc1cc([N+](=O)[O-])ccc1OC. The van der Waals surface area contributed by atoms with Gasteiger partial charge in [0.15, 0.2) is 11.6 Å². The number of amides is 1. The van der Waals surface area contributed by atoms with Crippen LogP contribution in [0.1, 0.15) is 19.4 Å². The number of nitrogens with zero attached hydrogens (tertiary/aromatic N) is 2. The van der Waals surface area contributed by atoms with Crippen molar-refractivity contribution in [1.29, 1.82) is 0 Å². The third kappa shape index (κ3) is 5.41. The molecule has 9 heteroatoms. The number of halogens is 1. The molecule has 0 saturated carbocycles. The van der Waals surface area contributed by atoms with Crippen molar-refractivity contribution in [2.45, 2.75) is 26.4 Å². The van der Waals surface area contributed by atoms with E-state index in [-0.39, 0.29) is 23.0 Å². The Morgan fingerprint density at radius 2 is 1.86 bits per heavy atom. The highest BCUT2D eigenvalue weighted by molar-refractivity contribution is 5.96. The van der Waals surface area contributed by atoms with Crippen LogP contribution in [0.5, 0.6) is 11.5 Å². The molecule has 1 atom stereocenters. The molecule has 0 aliphatic heterocycles. The predicted molar refractivity (Wildman–Crippen MR) is 107 cm³/mol. The fourth-order valence-corrected chi connectivity index (χ4v) is 2.88. The predicted octanol–water partition coefficient (Wildman–Crippen LogP) is 3.60. The number of hydrogen-bond acceptors (Lipinski definition) is 6. The minimum absolute atomic E-state index is 0.153. The number of nitro groups is 1. The van der Waals surface area contributed by atoms with Gasteiger partial charge in [-0.05, 0) is 37.2 Å². The smallest absolute Gasteiger partial charge is 0.271 e. The van der Waals surface area contributed by atoms with Crippen LogP contribution in [0.4, 0.5) is 15.8 Å². The number of benzene rings is 2. The molecule has 0 fully saturated rings. The third-order valence-electron chi connectivity index (χ3n) is 4.59. The van der Waals surface area contributed by atoms with Crippen LogP contribution < -0.4 is 14.8 Å². The summed E-state index contributed by atoms with van der Waals surface area (Å²) in [5, 5.41) is 13.7. The summed E-state index contributed by atoms with van der Waals surface area (Å²) in [4.78, 5) is 25.1. The number of anilines is 1. The maximum absolute atomic E-state index is 13.9. The molecule has 0 radical (unpaired) electrons. The van der Waals surface area contributed by atoms with Crippen molar-refractivity contribution >= 4 is 17.3 Å². The first-order valence-electron chi connectivity index (χ1n) is 9.00. The topological polar surface area (TPSA) is 93.9 Å².